The van der Waals surface area contributed by atoms with Gasteiger partial charge in [0.15, 0.2) is 0 Å². The lowest BCUT2D eigenvalue weighted by molar-refractivity contribution is -0.182. The molecule has 8 heteroatoms. The number of benzene rings is 1. The normalized spacial score (nSPS) is 19.4. The number of rotatable bonds is 3. The molecule has 0 spiro atoms. The molecule has 4 nitrogen and oxygen atoms in total. The van der Waals surface area contributed by atoms with Gasteiger partial charge in [-0.05, 0) is 36.2 Å². The minimum Gasteiger partial charge on any atom is -0.385 e. The maximum Gasteiger partial charge on any atom is 0.402 e. The van der Waals surface area contributed by atoms with Gasteiger partial charge in [-0.1, -0.05) is 11.6 Å². The molecule has 1 unspecified atom stereocenters. The molecule has 0 amide bonds. The minimum absolute atomic E-state index is 0.0161. The number of H-pyrrole nitrogens is 1. The van der Waals surface area contributed by atoms with Crippen molar-refractivity contribution in [1.29, 1.82) is 0 Å². The highest BCUT2D eigenvalue weighted by atomic mass is 35.5. The lowest BCUT2D eigenvalue weighted by Crippen LogP contribution is -2.47. The number of halogens is 4. The molecule has 1 aromatic heterocycles. The van der Waals surface area contributed by atoms with Crippen LogP contribution in [0.25, 0.3) is 0 Å². The third-order valence-corrected chi connectivity index (χ3v) is 4.52. The molecule has 1 aliphatic heterocycles. The van der Waals surface area contributed by atoms with Crippen molar-refractivity contribution in [2.75, 3.05) is 19.0 Å². The van der Waals surface area contributed by atoms with Gasteiger partial charge in [0.05, 0.1) is 0 Å². The van der Waals surface area contributed by atoms with Crippen LogP contribution in [-0.4, -0.2) is 24.9 Å². The fraction of sp³-hybridized carbons (Fsp3) is 0.312. The molecule has 1 atom stereocenters. The third-order valence-electron chi connectivity index (χ3n) is 4.29. The predicted octanol–water partition coefficient (Wildman–Crippen LogP) is 3.97. The third kappa shape index (κ3) is 2.39. The molecule has 0 aliphatic carbocycles. The van der Waals surface area contributed by atoms with Gasteiger partial charge in [-0.15, -0.1) is 0 Å². The second-order valence-electron chi connectivity index (χ2n) is 5.56. The molecule has 1 aromatic carbocycles. The van der Waals surface area contributed by atoms with Gasteiger partial charge in [0.2, 0.25) is 0 Å². The first-order valence-electron chi connectivity index (χ1n) is 7.16. The molecular weight excluding hydrogens is 345 g/mol. The number of aromatic amines is 1. The number of anilines is 2. The molecule has 0 fully saturated rings. The summed E-state index contributed by atoms with van der Waals surface area (Å²) >= 11 is 5.95. The molecule has 128 valence electrons. The van der Waals surface area contributed by atoms with Crippen LogP contribution in [0.1, 0.15) is 17.5 Å². The number of aromatic nitrogens is 1. The van der Waals surface area contributed by atoms with Crippen molar-refractivity contribution in [2.24, 2.45) is 0 Å². The maximum atomic E-state index is 14.3. The first-order chi connectivity index (χ1) is 11.3. The Morgan fingerprint density at radius 2 is 2.00 bits per heavy atom. The average molecular weight is 359 g/mol. The van der Waals surface area contributed by atoms with Gasteiger partial charge < -0.3 is 15.0 Å². The van der Waals surface area contributed by atoms with E-state index in [9.17, 15) is 18.0 Å². The van der Waals surface area contributed by atoms with E-state index in [1.165, 1.54) is 37.6 Å². The van der Waals surface area contributed by atoms with E-state index in [2.05, 4.69) is 10.3 Å². The number of hydrogen-bond donors (Lipinski definition) is 2. The van der Waals surface area contributed by atoms with E-state index in [0.29, 0.717) is 0 Å². The second-order valence-corrected chi connectivity index (χ2v) is 5.99. The number of pyridine rings is 1. The maximum absolute atomic E-state index is 14.3. The average Bonchev–Trinajstić information content (AvgIpc) is 2.51. The summed E-state index contributed by atoms with van der Waals surface area (Å²) in [6.45, 7) is -0.127. The first kappa shape index (κ1) is 16.9. The second kappa shape index (κ2) is 5.82. The summed E-state index contributed by atoms with van der Waals surface area (Å²) in [5.74, 6) is 0. The SMILES string of the molecule is COCCC1(C(F)(F)F)c2cc(Cl)ccc2Nc2c1cc[nH]c2=O. The number of hydrogen-bond acceptors (Lipinski definition) is 3. The molecule has 24 heavy (non-hydrogen) atoms. The number of nitrogens with one attached hydrogen (secondary N) is 2. The molecule has 2 heterocycles. The summed E-state index contributed by atoms with van der Waals surface area (Å²) in [6, 6.07) is 5.49. The molecular formula is C16H14ClF3N2O2. The Morgan fingerprint density at radius 1 is 1.25 bits per heavy atom. The van der Waals surface area contributed by atoms with Crippen LogP contribution < -0.4 is 10.9 Å². The quantitative estimate of drug-likeness (QED) is 0.873. The van der Waals surface area contributed by atoms with E-state index in [4.69, 9.17) is 16.3 Å². The van der Waals surface area contributed by atoms with Crippen molar-refractivity contribution in [2.45, 2.75) is 18.0 Å². The molecule has 0 bridgehead atoms. The minimum atomic E-state index is -4.64. The first-order valence-corrected chi connectivity index (χ1v) is 7.54. The molecule has 2 N–H and O–H groups in total. The van der Waals surface area contributed by atoms with Gasteiger partial charge in [0, 0.05) is 36.2 Å². The van der Waals surface area contributed by atoms with Crippen LogP contribution >= 0.6 is 11.6 Å². The summed E-state index contributed by atoms with van der Waals surface area (Å²) in [5, 5.41) is 2.99. The van der Waals surface area contributed by atoms with Crippen molar-refractivity contribution < 1.29 is 17.9 Å². The van der Waals surface area contributed by atoms with E-state index >= 15 is 0 Å². The van der Waals surface area contributed by atoms with E-state index in [0.717, 1.165) is 0 Å². The largest absolute Gasteiger partial charge is 0.402 e. The highest BCUT2D eigenvalue weighted by Crippen LogP contribution is 2.55. The fourth-order valence-corrected chi connectivity index (χ4v) is 3.36. The van der Waals surface area contributed by atoms with Gasteiger partial charge in [-0.25, -0.2) is 0 Å². The molecule has 1 aliphatic rings. The van der Waals surface area contributed by atoms with Crippen LogP contribution in [0.4, 0.5) is 24.5 Å². The Hall–Kier alpha value is -1.99. The Labute approximate surface area is 140 Å². The Bertz CT molecular complexity index is 835. The Morgan fingerprint density at radius 3 is 2.67 bits per heavy atom. The van der Waals surface area contributed by atoms with E-state index in [1.807, 2.05) is 0 Å². The Kier molecular flexibility index (Phi) is 4.09. The van der Waals surface area contributed by atoms with Crippen LogP contribution in [0.15, 0.2) is 35.3 Å². The standard InChI is InChI=1S/C16H14ClF3N2O2/c1-24-7-5-15(16(18,19)20)10-4-6-21-14(23)13(10)22-12-3-2-9(17)8-11(12)15/h2-4,6,8,22H,5,7H2,1H3,(H,21,23). The smallest absolute Gasteiger partial charge is 0.385 e. The summed E-state index contributed by atoms with van der Waals surface area (Å²) < 4.78 is 47.8. The van der Waals surface area contributed by atoms with E-state index in [-0.39, 0.29) is 40.6 Å². The van der Waals surface area contributed by atoms with E-state index < -0.39 is 17.2 Å². The summed E-state index contributed by atoms with van der Waals surface area (Å²) in [5.41, 5.74) is -3.04. The summed E-state index contributed by atoms with van der Waals surface area (Å²) in [7, 11) is 1.34. The van der Waals surface area contributed by atoms with Crippen molar-refractivity contribution >= 4 is 23.0 Å². The van der Waals surface area contributed by atoms with Gasteiger partial charge in [-0.2, -0.15) is 13.2 Å². The van der Waals surface area contributed by atoms with Crippen LogP contribution in [0, 0.1) is 0 Å². The number of ether oxygens (including phenoxy) is 1. The van der Waals surface area contributed by atoms with Gasteiger partial charge >= 0.3 is 6.18 Å². The van der Waals surface area contributed by atoms with Crippen molar-refractivity contribution in [3.8, 4) is 0 Å². The zero-order chi connectivity index (χ0) is 17.5. The Balaban J connectivity index is 2.40. The zero-order valence-corrected chi connectivity index (χ0v) is 13.4. The van der Waals surface area contributed by atoms with Crippen molar-refractivity contribution in [1.82, 2.24) is 4.98 Å². The summed E-state index contributed by atoms with van der Waals surface area (Å²) in [4.78, 5) is 14.5. The van der Waals surface area contributed by atoms with Gasteiger partial charge in [0.25, 0.3) is 5.56 Å². The molecule has 0 saturated heterocycles. The van der Waals surface area contributed by atoms with Gasteiger partial charge in [0.1, 0.15) is 11.1 Å². The number of alkyl halides is 3. The monoisotopic (exact) mass is 358 g/mol. The van der Waals surface area contributed by atoms with Crippen LogP contribution in [0.5, 0.6) is 0 Å². The number of fused-ring (bicyclic) bond motifs is 2. The van der Waals surface area contributed by atoms with Crippen LogP contribution in [0.3, 0.4) is 0 Å². The molecule has 0 saturated carbocycles. The zero-order valence-electron chi connectivity index (χ0n) is 12.6. The fourth-order valence-electron chi connectivity index (χ4n) is 3.19. The molecule has 0 radical (unpaired) electrons. The highest BCUT2D eigenvalue weighted by Gasteiger charge is 2.60. The highest BCUT2D eigenvalue weighted by molar-refractivity contribution is 6.30. The summed E-state index contributed by atoms with van der Waals surface area (Å²) in [6.07, 6.45) is -3.79. The lowest BCUT2D eigenvalue weighted by atomic mass is 9.68. The van der Waals surface area contributed by atoms with Crippen molar-refractivity contribution in [3.63, 3.8) is 0 Å². The lowest BCUT2D eigenvalue weighted by Gasteiger charge is -2.42. The van der Waals surface area contributed by atoms with Crippen LogP contribution in [-0.2, 0) is 10.2 Å². The molecule has 2 aromatic rings. The van der Waals surface area contributed by atoms with Crippen molar-refractivity contribution in [3.05, 3.63) is 57.0 Å². The predicted molar refractivity (Wildman–Crippen MR) is 85.1 cm³/mol. The molecule has 3 rings (SSSR count). The van der Waals surface area contributed by atoms with Crippen LogP contribution in [0.2, 0.25) is 5.02 Å². The van der Waals surface area contributed by atoms with E-state index in [1.54, 1.807) is 0 Å². The topological polar surface area (TPSA) is 54.1 Å². The van der Waals surface area contributed by atoms with Gasteiger partial charge in [-0.3, -0.25) is 4.79 Å². The number of methoxy groups -OCH3 is 1.